The maximum Gasteiger partial charge on any atom is 0.243 e. The Morgan fingerprint density at radius 2 is 1.78 bits per heavy atom. The molecule has 32 heavy (non-hydrogen) atoms. The van der Waals surface area contributed by atoms with Gasteiger partial charge in [0.15, 0.2) is 0 Å². The molecule has 1 heterocycles. The molecule has 172 valence electrons. The van der Waals surface area contributed by atoms with Gasteiger partial charge in [-0.1, -0.05) is 19.9 Å². The van der Waals surface area contributed by atoms with Crippen LogP contribution in [0.2, 0.25) is 0 Å². The number of hydrogen-bond acceptors (Lipinski definition) is 4. The summed E-state index contributed by atoms with van der Waals surface area (Å²) in [5, 5.41) is 5.69. The number of piperidine rings is 1. The summed E-state index contributed by atoms with van der Waals surface area (Å²) in [4.78, 5) is 24.9. The van der Waals surface area contributed by atoms with Crippen LogP contribution in [0.5, 0.6) is 0 Å². The van der Waals surface area contributed by atoms with E-state index in [4.69, 9.17) is 0 Å². The van der Waals surface area contributed by atoms with Crippen molar-refractivity contribution in [3.05, 3.63) is 53.8 Å². The van der Waals surface area contributed by atoms with Crippen molar-refractivity contribution < 1.29 is 22.4 Å². The minimum absolute atomic E-state index is 0.00407. The summed E-state index contributed by atoms with van der Waals surface area (Å²) in [5.41, 5.74) is 1.97. The molecule has 1 atom stereocenters. The highest BCUT2D eigenvalue weighted by Crippen LogP contribution is 2.26. The van der Waals surface area contributed by atoms with Crippen LogP contribution in [0.1, 0.15) is 32.3 Å². The predicted octanol–water partition coefficient (Wildman–Crippen LogP) is 3.77. The second kappa shape index (κ2) is 9.79. The molecule has 1 unspecified atom stereocenters. The molecule has 0 bridgehead atoms. The van der Waals surface area contributed by atoms with E-state index in [-0.39, 0.29) is 29.2 Å². The molecule has 2 aromatic rings. The number of rotatable bonds is 6. The average molecular weight is 462 g/mol. The lowest BCUT2D eigenvalue weighted by molar-refractivity contribution is -0.121. The molecule has 2 aromatic carbocycles. The standard InChI is InChI=1S/C23H28FN3O4S/c1-15(2)22(28)25-19-9-6-16(3)21(13-19)26-23(29)17-5-4-12-27(14-17)32(30,31)20-10-7-18(24)8-11-20/h6-11,13,15,17H,4-5,12,14H2,1-3H3,(H,25,28)(H,26,29). The molecular formula is C23H28FN3O4S. The van der Waals surface area contributed by atoms with Gasteiger partial charge in [0.2, 0.25) is 21.8 Å². The smallest absolute Gasteiger partial charge is 0.243 e. The molecule has 0 saturated carbocycles. The number of amides is 2. The van der Waals surface area contributed by atoms with Gasteiger partial charge >= 0.3 is 0 Å². The summed E-state index contributed by atoms with van der Waals surface area (Å²) < 4.78 is 40.3. The number of sulfonamides is 1. The van der Waals surface area contributed by atoms with E-state index in [2.05, 4.69) is 10.6 Å². The average Bonchev–Trinajstić information content (AvgIpc) is 2.76. The van der Waals surface area contributed by atoms with Gasteiger partial charge in [-0.15, -0.1) is 0 Å². The molecule has 7 nitrogen and oxygen atoms in total. The number of benzene rings is 2. The van der Waals surface area contributed by atoms with Crippen molar-refractivity contribution in [1.29, 1.82) is 0 Å². The Bertz CT molecular complexity index is 1100. The number of carbonyl (C=O) groups is 2. The fourth-order valence-electron chi connectivity index (χ4n) is 3.49. The van der Waals surface area contributed by atoms with E-state index in [1.807, 2.05) is 6.92 Å². The zero-order valence-corrected chi connectivity index (χ0v) is 19.2. The molecule has 2 amide bonds. The third-order valence-corrected chi connectivity index (χ3v) is 7.37. The molecule has 2 N–H and O–H groups in total. The van der Waals surface area contributed by atoms with Gasteiger partial charge in [-0.05, 0) is 61.7 Å². The minimum Gasteiger partial charge on any atom is -0.326 e. The maximum atomic E-state index is 13.2. The van der Waals surface area contributed by atoms with E-state index >= 15 is 0 Å². The van der Waals surface area contributed by atoms with Gasteiger partial charge in [-0.25, -0.2) is 12.8 Å². The third kappa shape index (κ3) is 5.52. The Kier molecular flexibility index (Phi) is 7.30. The quantitative estimate of drug-likeness (QED) is 0.685. The summed E-state index contributed by atoms with van der Waals surface area (Å²) in [6, 6.07) is 9.94. The molecule has 1 aliphatic heterocycles. The highest BCUT2D eigenvalue weighted by atomic mass is 32.2. The van der Waals surface area contributed by atoms with Gasteiger partial charge < -0.3 is 10.6 Å². The molecule has 9 heteroatoms. The first kappa shape index (κ1) is 23.9. The zero-order chi connectivity index (χ0) is 23.5. The monoisotopic (exact) mass is 461 g/mol. The van der Waals surface area contributed by atoms with Crippen LogP contribution in [-0.2, 0) is 19.6 Å². The first-order chi connectivity index (χ1) is 15.1. The molecule has 1 saturated heterocycles. The summed E-state index contributed by atoms with van der Waals surface area (Å²) in [6.07, 6.45) is 1.10. The van der Waals surface area contributed by atoms with Gasteiger partial charge in [0.1, 0.15) is 5.82 Å². The molecule has 1 aliphatic rings. The van der Waals surface area contributed by atoms with Crippen molar-refractivity contribution in [3.63, 3.8) is 0 Å². The van der Waals surface area contributed by atoms with Crippen molar-refractivity contribution in [2.45, 2.75) is 38.5 Å². The van der Waals surface area contributed by atoms with E-state index in [0.29, 0.717) is 30.8 Å². The first-order valence-corrected chi connectivity index (χ1v) is 12.0. The second-order valence-electron chi connectivity index (χ2n) is 8.32. The van der Waals surface area contributed by atoms with E-state index < -0.39 is 21.8 Å². The van der Waals surface area contributed by atoms with Crippen molar-refractivity contribution in [3.8, 4) is 0 Å². The number of nitrogens with zero attached hydrogens (tertiary/aromatic N) is 1. The topological polar surface area (TPSA) is 95.6 Å². The van der Waals surface area contributed by atoms with E-state index in [1.54, 1.807) is 32.0 Å². The van der Waals surface area contributed by atoms with Gasteiger partial charge in [0, 0.05) is 30.4 Å². The Balaban J connectivity index is 1.72. The summed E-state index contributed by atoms with van der Waals surface area (Å²) in [5.74, 6) is -1.61. The molecular weight excluding hydrogens is 433 g/mol. The van der Waals surface area contributed by atoms with Crippen molar-refractivity contribution in [2.24, 2.45) is 11.8 Å². The molecule has 0 radical (unpaired) electrons. The van der Waals surface area contributed by atoms with E-state index in [0.717, 1.165) is 17.7 Å². The van der Waals surface area contributed by atoms with Crippen LogP contribution >= 0.6 is 0 Å². The molecule has 1 fully saturated rings. The number of halogens is 1. The normalized spacial score (nSPS) is 17.2. The van der Waals surface area contributed by atoms with Crippen LogP contribution in [-0.4, -0.2) is 37.6 Å². The number of nitrogens with one attached hydrogen (secondary N) is 2. The number of anilines is 2. The summed E-state index contributed by atoms with van der Waals surface area (Å²) >= 11 is 0. The van der Waals surface area contributed by atoms with Crippen LogP contribution in [0, 0.1) is 24.6 Å². The molecule has 3 rings (SSSR count). The third-order valence-electron chi connectivity index (χ3n) is 5.49. The van der Waals surface area contributed by atoms with Gasteiger partial charge in [0.05, 0.1) is 10.8 Å². The Hall–Kier alpha value is -2.78. The summed E-state index contributed by atoms with van der Waals surface area (Å²) in [6.45, 7) is 5.78. The number of hydrogen-bond donors (Lipinski definition) is 2. The molecule has 0 aromatic heterocycles. The fourth-order valence-corrected chi connectivity index (χ4v) is 5.01. The fraction of sp³-hybridized carbons (Fsp3) is 0.391. The lowest BCUT2D eigenvalue weighted by Gasteiger charge is -2.31. The lowest BCUT2D eigenvalue weighted by Crippen LogP contribution is -2.43. The lowest BCUT2D eigenvalue weighted by atomic mass is 9.98. The van der Waals surface area contributed by atoms with Crippen LogP contribution in [0.25, 0.3) is 0 Å². The van der Waals surface area contributed by atoms with Gasteiger partial charge in [-0.3, -0.25) is 9.59 Å². The van der Waals surface area contributed by atoms with E-state index in [9.17, 15) is 22.4 Å². The SMILES string of the molecule is Cc1ccc(NC(=O)C(C)C)cc1NC(=O)C1CCCN(S(=O)(=O)c2ccc(F)cc2)C1. The van der Waals surface area contributed by atoms with Crippen molar-refractivity contribution >= 4 is 33.2 Å². The highest BCUT2D eigenvalue weighted by Gasteiger charge is 2.33. The largest absolute Gasteiger partial charge is 0.326 e. The van der Waals surface area contributed by atoms with Crippen LogP contribution in [0.4, 0.5) is 15.8 Å². The molecule has 0 spiro atoms. The van der Waals surface area contributed by atoms with Crippen LogP contribution < -0.4 is 10.6 Å². The van der Waals surface area contributed by atoms with Gasteiger partial charge in [-0.2, -0.15) is 4.31 Å². The highest BCUT2D eigenvalue weighted by molar-refractivity contribution is 7.89. The predicted molar refractivity (Wildman–Crippen MR) is 121 cm³/mol. The number of carbonyl (C=O) groups excluding carboxylic acids is 2. The number of aryl methyl sites for hydroxylation is 1. The van der Waals surface area contributed by atoms with Gasteiger partial charge in [0.25, 0.3) is 0 Å². The Morgan fingerprint density at radius 3 is 2.44 bits per heavy atom. The van der Waals surface area contributed by atoms with Crippen LogP contribution in [0.15, 0.2) is 47.4 Å². The van der Waals surface area contributed by atoms with Crippen molar-refractivity contribution in [2.75, 3.05) is 23.7 Å². The summed E-state index contributed by atoms with van der Waals surface area (Å²) in [7, 11) is -3.82. The zero-order valence-electron chi connectivity index (χ0n) is 18.4. The van der Waals surface area contributed by atoms with E-state index in [1.165, 1.54) is 16.4 Å². The molecule has 0 aliphatic carbocycles. The van der Waals surface area contributed by atoms with Crippen molar-refractivity contribution in [1.82, 2.24) is 4.31 Å². The Labute approximate surface area is 188 Å². The first-order valence-electron chi connectivity index (χ1n) is 10.6. The minimum atomic E-state index is -3.82. The second-order valence-corrected chi connectivity index (χ2v) is 10.3. The Morgan fingerprint density at radius 1 is 1.09 bits per heavy atom. The van der Waals surface area contributed by atoms with Crippen LogP contribution in [0.3, 0.4) is 0 Å². The maximum absolute atomic E-state index is 13.2.